The molecule has 0 amide bonds. The van der Waals surface area contributed by atoms with Gasteiger partial charge in [-0.2, -0.15) is 0 Å². The van der Waals surface area contributed by atoms with Crippen molar-refractivity contribution in [3.63, 3.8) is 0 Å². The highest BCUT2D eigenvalue weighted by Crippen LogP contribution is 2.73. The smallest absolute Gasteiger partial charge is 0.213 e. The molecule has 0 aromatic carbocycles. The number of alkyl halides is 2. The van der Waals surface area contributed by atoms with E-state index in [1.165, 1.54) is 0 Å². The predicted molar refractivity (Wildman–Crippen MR) is 118 cm³/mol. The lowest BCUT2D eigenvalue weighted by molar-refractivity contribution is -0.222. The summed E-state index contributed by atoms with van der Waals surface area (Å²) in [5.74, 6) is -3.89. The number of ketones is 2. The number of carbonyl (C=O) groups is 2. The summed E-state index contributed by atoms with van der Waals surface area (Å²) >= 11 is 14.0. The van der Waals surface area contributed by atoms with Gasteiger partial charge in [0.15, 0.2) is 23.0 Å². The monoisotopic (exact) mass is 502 g/mol. The van der Waals surface area contributed by atoms with Gasteiger partial charge in [-0.1, -0.05) is 19.9 Å². The maximum atomic E-state index is 15.0. The van der Waals surface area contributed by atoms with Crippen LogP contribution >= 0.6 is 23.2 Å². The van der Waals surface area contributed by atoms with Crippen LogP contribution in [0.1, 0.15) is 47.0 Å². The maximum Gasteiger partial charge on any atom is 0.213 e. The van der Waals surface area contributed by atoms with Crippen LogP contribution in [0.25, 0.3) is 0 Å². The normalized spacial score (nSPS) is 52.3. The summed E-state index contributed by atoms with van der Waals surface area (Å²) in [4.78, 5) is 24.0. The second-order valence-corrected chi connectivity index (χ2v) is 12.3. The fourth-order valence-electron chi connectivity index (χ4n) is 8.01. The first-order chi connectivity index (χ1) is 15.2. The Bertz CT molecular complexity index is 1010. The van der Waals surface area contributed by atoms with Gasteiger partial charge in [0.2, 0.25) is 5.78 Å². The van der Waals surface area contributed by atoms with Crippen LogP contribution in [0.2, 0.25) is 0 Å². The van der Waals surface area contributed by atoms with Gasteiger partial charge in [0.25, 0.3) is 0 Å². The van der Waals surface area contributed by atoms with Crippen molar-refractivity contribution < 1.29 is 33.7 Å². The number of hydrogen-bond acceptors (Lipinski definition) is 6. The Labute approximate surface area is 202 Å². The average molecular weight is 503 g/mol. The number of rotatable bonds is 2. The van der Waals surface area contributed by atoms with E-state index in [0.717, 1.165) is 6.08 Å². The standard InChI is InChI=1S/C24H29Cl2FO6/c1-20(2)32-17-8-11-12-7-13(25)18-19(27)14(29)5-6-21(18,3)23(12,26)15(30)9-22(11,4)24(17,33-20)16(31)10-28/h5-6,11-13,15,17,28,30H,7-10H2,1-4H3/t11-,12-,13-,15-,17+,21-,22-,23-,24+/m0/s1. The molecule has 1 aliphatic heterocycles. The molecule has 3 saturated carbocycles. The Morgan fingerprint density at radius 1 is 1.24 bits per heavy atom. The fourth-order valence-corrected chi connectivity index (χ4v) is 9.01. The van der Waals surface area contributed by atoms with Gasteiger partial charge in [-0.15, -0.1) is 23.2 Å². The van der Waals surface area contributed by atoms with Gasteiger partial charge in [-0.25, -0.2) is 4.39 Å². The number of halogens is 3. The van der Waals surface area contributed by atoms with Gasteiger partial charge >= 0.3 is 0 Å². The SMILES string of the molecule is CC1(C)O[C@@H]2C[C@H]3[C@@H]4C[C@H](Cl)C5=C(F)C(=O)C=C[C@]5(C)[C@@]4(Cl)[C@@H](O)C[C@]3(C)[C@]2(C(=O)CO)O1. The molecule has 0 spiro atoms. The molecule has 9 heteroatoms. The Morgan fingerprint density at radius 3 is 2.55 bits per heavy atom. The van der Waals surface area contributed by atoms with E-state index >= 15 is 4.39 Å². The molecule has 33 heavy (non-hydrogen) atoms. The van der Waals surface area contributed by atoms with Crippen molar-refractivity contribution in [1.29, 1.82) is 0 Å². The summed E-state index contributed by atoms with van der Waals surface area (Å²) in [5, 5.41) is 20.7. The van der Waals surface area contributed by atoms with Crippen LogP contribution in [0.3, 0.4) is 0 Å². The number of aliphatic hydroxyl groups excluding tert-OH is 2. The first-order valence-corrected chi connectivity index (χ1v) is 12.2. The Kier molecular flexibility index (Phi) is 4.99. The molecule has 5 aliphatic rings. The van der Waals surface area contributed by atoms with Crippen LogP contribution in [0.5, 0.6) is 0 Å². The lowest BCUT2D eigenvalue weighted by atomic mass is 9.45. The third-order valence-corrected chi connectivity index (χ3v) is 10.6. The summed E-state index contributed by atoms with van der Waals surface area (Å²) in [5.41, 5.74) is -3.44. The lowest BCUT2D eigenvalue weighted by Crippen LogP contribution is -2.70. The first kappa shape index (κ1) is 23.9. The Morgan fingerprint density at radius 2 is 1.91 bits per heavy atom. The molecule has 0 bridgehead atoms. The molecule has 2 N–H and O–H groups in total. The number of Topliss-reactive ketones (excluding diaryl/α,β-unsaturated/α-hetero) is 1. The maximum absolute atomic E-state index is 15.0. The fraction of sp³-hybridized carbons (Fsp3) is 0.750. The van der Waals surface area contributed by atoms with Gasteiger partial charge in [0.05, 0.1) is 22.5 Å². The molecular weight excluding hydrogens is 474 g/mol. The van der Waals surface area contributed by atoms with Crippen LogP contribution in [0.4, 0.5) is 4.39 Å². The third-order valence-electron chi connectivity index (χ3n) is 9.26. The zero-order valence-electron chi connectivity index (χ0n) is 19.0. The van der Waals surface area contributed by atoms with E-state index in [-0.39, 0.29) is 24.3 Å². The number of allylic oxidation sites excluding steroid dienone is 4. The Balaban J connectivity index is 1.67. The van der Waals surface area contributed by atoms with E-state index in [1.807, 2.05) is 6.92 Å². The molecule has 1 heterocycles. The zero-order valence-corrected chi connectivity index (χ0v) is 20.5. The molecular formula is C24H29Cl2FO6. The van der Waals surface area contributed by atoms with Crippen molar-refractivity contribution in [1.82, 2.24) is 0 Å². The van der Waals surface area contributed by atoms with Gasteiger partial charge in [-0.05, 0) is 56.6 Å². The van der Waals surface area contributed by atoms with E-state index in [2.05, 4.69) is 0 Å². The van der Waals surface area contributed by atoms with Crippen LogP contribution in [0, 0.1) is 22.7 Å². The van der Waals surface area contributed by atoms with Crippen LogP contribution in [0.15, 0.2) is 23.6 Å². The number of aliphatic hydroxyl groups is 2. The molecule has 5 rings (SSSR count). The van der Waals surface area contributed by atoms with Crippen molar-refractivity contribution >= 4 is 34.8 Å². The number of ether oxygens (including phenoxy) is 2. The van der Waals surface area contributed by atoms with Crippen LogP contribution in [-0.2, 0) is 19.1 Å². The predicted octanol–water partition coefficient (Wildman–Crippen LogP) is 3.20. The molecule has 0 aromatic rings. The summed E-state index contributed by atoms with van der Waals surface area (Å²) in [7, 11) is 0. The first-order valence-electron chi connectivity index (χ1n) is 11.4. The summed E-state index contributed by atoms with van der Waals surface area (Å²) in [6.45, 7) is 6.33. The van der Waals surface area contributed by atoms with Gasteiger partial charge in [0, 0.05) is 10.8 Å². The zero-order chi connectivity index (χ0) is 24.4. The molecule has 9 atom stereocenters. The summed E-state index contributed by atoms with van der Waals surface area (Å²) in [6.07, 6.45) is 1.64. The van der Waals surface area contributed by atoms with Crippen molar-refractivity contribution in [2.45, 2.75) is 80.8 Å². The van der Waals surface area contributed by atoms with E-state index in [9.17, 15) is 19.8 Å². The highest BCUT2D eigenvalue weighted by Gasteiger charge is 2.80. The van der Waals surface area contributed by atoms with Crippen molar-refractivity contribution in [3.8, 4) is 0 Å². The minimum absolute atomic E-state index is 0.0819. The van der Waals surface area contributed by atoms with E-state index < -0.39 is 74.6 Å². The average Bonchev–Trinajstić information content (AvgIpc) is 3.13. The van der Waals surface area contributed by atoms with Crippen LogP contribution < -0.4 is 0 Å². The summed E-state index contributed by atoms with van der Waals surface area (Å²) < 4.78 is 27.5. The van der Waals surface area contributed by atoms with Crippen LogP contribution in [-0.4, -0.2) is 62.2 Å². The van der Waals surface area contributed by atoms with Crippen molar-refractivity contribution in [3.05, 3.63) is 23.6 Å². The van der Waals surface area contributed by atoms with Gasteiger partial charge in [0.1, 0.15) is 6.61 Å². The molecule has 0 aromatic heterocycles. The number of carbonyl (C=O) groups excluding carboxylic acids is 2. The molecule has 1 saturated heterocycles. The molecule has 4 fully saturated rings. The molecule has 0 unspecified atom stereocenters. The largest absolute Gasteiger partial charge is 0.391 e. The molecule has 182 valence electrons. The van der Waals surface area contributed by atoms with E-state index in [1.54, 1.807) is 26.8 Å². The highest BCUT2D eigenvalue weighted by molar-refractivity contribution is 6.28. The van der Waals surface area contributed by atoms with Gasteiger partial charge < -0.3 is 19.7 Å². The minimum Gasteiger partial charge on any atom is -0.391 e. The second kappa shape index (κ2) is 6.89. The second-order valence-electron chi connectivity index (χ2n) is 11.1. The van der Waals surface area contributed by atoms with Crippen molar-refractivity contribution in [2.75, 3.05) is 6.61 Å². The lowest BCUT2D eigenvalue weighted by Gasteiger charge is -2.64. The molecule has 0 radical (unpaired) electrons. The quantitative estimate of drug-likeness (QED) is 0.563. The molecule has 6 nitrogen and oxygen atoms in total. The number of hydrogen-bond donors (Lipinski definition) is 2. The van der Waals surface area contributed by atoms with E-state index in [4.69, 9.17) is 32.7 Å². The third kappa shape index (κ3) is 2.59. The number of fused-ring (bicyclic) bond motifs is 7. The highest BCUT2D eigenvalue weighted by atomic mass is 35.5. The van der Waals surface area contributed by atoms with Gasteiger partial charge in [-0.3, -0.25) is 9.59 Å². The minimum atomic E-state index is -1.45. The topological polar surface area (TPSA) is 93.1 Å². The van der Waals surface area contributed by atoms with E-state index in [0.29, 0.717) is 6.42 Å². The van der Waals surface area contributed by atoms with Crippen molar-refractivity contribution in [2.24, 2.45) is 22.7 Å². The Hall–Kier alpha value is -0.830. The molecule has 4 aliphatic carbocycles. The summed E-state index contributed by atoms with van der Waals surface area (Å²) in [6, 6.07) is 0.